The molecule has 0 unspecified atom stereocenters. The minimum atomic E-state index is -0.529. The van der Waals surface area contributed by atoms with Gasteiger partial charge in [0.1, 0.15) is 0 Å². The van der Waals surface area contributed by atoms with Gasteiger partial charge in [-0.05, 0) is 24.1 Å². The summed E-state index contributed by atoms with van der Waals surface area (Å²) in [6, 6.07) is 17.9. The average molecular weight is 369 g/mol. The summed E-state index contributed by atoms with van der Waals surface area (Å²) >= 11 is 1.75. The largest absolute Gasteiger partial charge is 0.452 e. The molecule has 1 amide bonds. The van der Waals surface area contributed by atoms with E-state index < -0.39 is 5.97 Å². The molecule has 0 atom stereocenters. The van der Waals surface area contributed by atoms with Crippen LogP contribution < -0.4 is 5.32 Å². The molecule has 0 radical (unpaired) electrons. The van der Waals surface area contributed by atoms with Gasteiger partial charge in [0.15, 0.2) is 6.61 Å². The van der Waals surface area contributed by atoms with Crippen LogP contribution in [0.1, 0.15) is 16.7 Å². The maximum absolute atomic E-state index is 11.7. The van der Waals surface area contributed by atoms with E-state index in [-0.39, 0.29) is 12.5 Å². The third-order valence-electron chi connectivity index (χ3n) is 3.51. The van der Waals surface area contributed by atoms with Gasteiger partial charge in [0.2, 0.25) is 0 Å². The van der Waals surface area contributed by atoms with Crippen molar-refractivity contribution in [2.24, 2.45) is 0 Å². The van der Waals surface area contributed by atoms with E-state index in [1.165, 1.54) is 11.6 Å². The monoisotopic (exact) mass is 369 g/mol. The van der Waals surface area contributed by atoms with Crippen molar-refractivity contribution in [3.63, 3.8) is 0 Å². The third-order valence-corrected chi connectivity index (χ3v) is 4.55. The van der Waals surface area contributed by atoms with Gasteiger partial charge >= 0.3 is 5.97 Å². The first-order valence-corrected chi connectivity index (χ1v) is 9.59. The molecule has 0 aliphatic heterocycles. The first-order valence-electron chi connectivity index (χ1n) is 8.43. The van der Waals surface area contributed by atoms with Gasteiger partial charge in [0.25, 0.3) is 5.91 Å². The highest BCUT2D eigenvalue weighted by Gasteiger charge is 2.04. The molecule has 0 heterocycles. The molecule has 0 aliphatic carbocycles. The van der Waals surface area contributed by atoms with Gasteiger partial charge in [-0.25, -0.2) is 4.79 Å². The van der Waals surface area contributed by atoms with Crippen LogP contribution in [0.2, 0.25) is 0 Å². The van der Waals surface area contributed by atoms with Gasteiger partial charge in [-0.15, -0.1) is 0 Å². The lowest BCUT2D eigenvalue weighted by atomic mass is 10.1. The molecule has 1 N–H and O–H groups in total. The number of nitrogens with one attached hydrogen (secondary N) is 1. The van der Waals surface area contributed by atoms with E-state index in [4.69, 9.17) is 4.74 Å². The van der Waals surface area contributed by atoms with Crippen molar-refractivity contribution in [2.75, 3.05) is 18.9 Å². The standard InChI is InChI=1S/C21H23NO3S/c1-17-7-9-18(10-8-17)11-12-21(24)25-15-20(23)22-13-14-26-16-19-5-3-2-4-6-19/h2-12H,13-16H2,1H3,(H,22,23)/b12-11+. The quantitative estimate of drug-likeness (QED) is 0.417. The molecule has 0 saturated carbocycles. The Hall–Kier alpha value is -2.53. The number of hydrogen-bond acceptors (Lipinski definition) is 4. The molecule has 5 heteroatoms. The van der Waals surface area contributed by atoms with Crippen molar-refractivity contribution in [3.8, 4) is 0 Å². The molecule has 2 aromatic rings. The molecule has 0 fully saturated rings. The van der Waals surface area contributed by atoms with Crippen LogP contribution in [0, 0.1) is 6.92 Å². The summed E-state index contributed by atoms with van der Waals surface area (Å²) in [7, 11) is 0. The number of benzene rings is 2. The van der Waals surface area contributed by atoms with Gasteiger partial charge < -0.3 is 10.1 Å². The second-order valence-corrected chi connectivity index (χ2v) is 6.85. The van der Waals surface area contributed by atoms with E-state index in [9.17, 15) is 9.59 Å². The number of rotatable bonds is 9. The third kappa shape index (κ3) is 8.03. The summed E-state index contributed by atoms with van der Waals surface area (Å²) in [6.07, 6.45) is 2.99. The van der Waals surface area contributed by atoms with Crippen molar-refractivity contribution in [3.05, 3.63) is 77.4 Å². The lowest BCUT2D eigenvalue weighted by molar-refractivity contribution is -0.143. The summed E-state index contributed by atoms with van der Waals surface area (Å²) in [6.45, 7) is 2.29. The summed E-state index contributed by atoms with van der Waals surface area (Å²) in [5, 5.41) is 2.74. The van der Waals surface area contributed by atoms with Crippen LogP contribution in [0.25, 0.3) is 6.08 Å². The fourth-order valence-corrected chi connectivity index (χ4v) is 2.92. The van der Waals surface area contributed by atoms with Crippen LogP contribution in [0.5, 0.6) is 0 Å². The molecule has 0 spiro atoms. The Bertz CT molecular complexity index is 727. The van der Waals surface area contributed by atoms with E-state index in [2.05, 4.69) is 17.4 Å². The van der Waals surface area contributed by atoms with Gasteiger partial charge in [-0.2, -0.15) is 11.8 Å². The maximum Gasteiger partial charge on any atom is 0.331 e. The van der Waals surface area contributed by atoms with Crippen molar-refractivity contribution in [2.45, 2.75) is 12.7 Å². The zero-order valence-corrected chi connectivity index (χ0v) is 15.6. The minimum absolute atomic E-state index is 0.263. The van der Waals surface area contributed by atoms with E-state index in [0.29, 0.717) is 6.54 Å². The number of hydrogen-bond donors (Lipinski definition) is 1. The van der Waals surface area contributed by atoms with Gasteiger partial charge in [-0.1, -0.05) is 60.2 Å². The van der Waals surface area contributed by atoms with Crippen LogP contribution in [-0.2, 0) is 20.1 Å². The topological polar surface area (TPSA) is 55.4 Å². The number of amides is 1. The lowest BCUT2D eigenvalue weighted by Gasteiger charge is -2.05. The highest BCUT2D eigenvalue weighted by molar-refractivity contribution is 7.98. The fraction of sp³-hybridized carbons (Fsp3) is 0.238. The van der Waals surface area contributed by atoms with Gasteiger partial charge in [-0.3, -0.25) is 4.79 Å². The molecule has 0 aliphatic rings. The molecular weight excluding hydrogens is 346 g/mol. The fourth-order valence-electron chi connectivity index (χ4n) is 2.10. The number of thioether (sulfide) groups is 1. The number of esters is 1. The lowest BCUT2D eigenvalue weighted by Crippen LogP contribution is -2.30. The molecule has 0 bridgehead atoms. The molecule has 0 aromatic heterocycles. The smallest absolute Gasteiger partial charge is 0.331 e. The Morgan fingerprint density at radius 1 is 1.08 bits per heavy atom. The maximum atomic E-state index is 11.7. The van der Waals surface area contributed by atoms with E-state index in [1.807, 2.05) is 49.4 Å². The van der Waals surface area contributed by atoms with E-state index in [0.717, 1.165) is 22.6 Å². The Morgan fingerprint density at radius 2 is 1.81 bits per heavy atom. The predicted octanol–water partition coefficient (Wildman–Crippen LogP) is 3.60. The Labute approximate surface area is 158 Å². The van der Waals surface area contributed by atoms with E-state index in [1.54, 1.807) is 17.8 Å². The molecular formula is C21H23NO3S. The summed E-state index contributed by atoms with van der Waals surface area (Å²) in [5.74, 6) is 0.902. The number of aryl methyl sites for hydroxylation is 1. The summed E-state index contributed by atoms with van der Waals surface area (Å²) in [4.78, 5) is 23.3. The van der Waals surface area contributed by atoms with Crippen LogP contribution in [-0.4, -0.2) is 30.8 Å². The molecule has 2 rings (SSSR count). The normalized spacial score (nSPS) is 10.7. The molecule has 26 heavy (non-hydrogen) atoms. The van der Waals surface area contributed by atoms with Crippen LogP contribution in [0.4, 0.5) is 0 Å². The molecule has 4 nitrogen and oxygen atoms in total. The average Bonchev–Trinajstić information content (AvgIpc) is 2.66. The van der Waals surface area contributed by atoms with Gasteiger partial charge in [0, 0.05) is 24.1 Å². The van der Waals surface area contributed by atoms with Crippen LogP contribution >= 0.6 is 11.8 Å². The zero-order chi connectivity index (χ0) is 18.6. The molecule has 136 valence electrons. The minimum Gasteiger partial charge on any atom is -0.452 e. The Morgan fingerprint density at radius 3 is 2.54 bits per heavy atom. The first kappa shape index (κ1) is 19.8. The predicted molar refractivity (Wildman–Crippen MR) is 107 cm³/mol. The molecule has 2 aromatic carbocycles. The SMILES string of the molecule is Cc1ccc(/C=C/C(=O)OCC(=O)NCCSCc2ccccc2)cc1. The first-order chi connectivity index (χ1) is 12.6. The number of ether oxygens (including phenoxy) is 1. The van der Waals surface area contributed by atoms with Crippen molar-refractivity contribution < 1.29 is 14.3 Å². The Balaban J connectivity index is 1.56. The van der Waals surface area contributed by atoms with Crippen LogP contribution in [0.15, 0.2) is 60.7 Å². The van der Waals surface area contributed by atoms with Crippen molar-refractivity contribution >= 4 is 29.7 Å². The second-order valence-electron chi connectivity index (χ2n) is 5.74. The highest BCUT2D eigenvalue weighted by Crippen LogP contribution is 2.10. The van der Waals surface area contributed by atoms with Crippen molar-refractivity contribution in [1.82, 2.24) is 5.32 Å². The van der Waals surface area contributed by atoms with Gasteiger partial charge in [0.05, 0.1) is 0 Å². The summed E-state index contributed by atoms with van der Waals surface area (Å²) < 4.78 is 4.93. The molecule has 0 saturated heterocycles. The highest BCUT2D eigenvalue weighted by atomic mass is 32.2. The number of carbonyl (C=O) groups excluding carboxylic acids is 2. The van der Waals surface area contributed by atoms with E-state index >= 15 is 0 Å². The number of carbonyl (C=O) groups is 2. The van der Waals surface area contributed by atoms with Crippen LogP contribution in [0.3, 0.4) is 0 Å². The second kappa shape index (κ2) is 11.2. The zero-order valence-electron chi connectivity index (χ0n) is 14.8. The van der Waals surface area contributed by atoms with Crippen molar-refractivity contribution in [1.29, 1.82) is 0 Å². The summed E-state index contributed by atoms with van der Waals surface area (Å²) in [5.41, 5.74) is 3.33. The Kier molecular flexibility index (Phi) is 8.49.